The van der Waals surface area contributed by atoms with Crippen LogP contribution in [0.4, 0.5) is 0 Å². The van der Waals surface area contributed by atoms with E-state index in [0.29, 0.717) is 5.56 Å². The summed E-state index contributed by atoms with van der Waals surface area (Å²) in [4.78, 5) is 4.02. The van der Waals surface area contributed by atoms with E-state index in [9.17, 15) is 10.2 Å². The minimum Gasteiger partial charge on any atom is -0.508 e. The summed E-state index contributed by atoms with van der Waals surface area (Å²) < 4.78 is 0. The molecule has 15 heavy (non-hydrogen) atoms. The highest BCUT2D eigenvalue weighted by atomic mass is 16.3. The number of aliphatic imine (C=N–C) groups is 1. The first kappa shape index (κ1) is 11.6. The number of aromatic hydroxyl groups is 2. The van der Waals surface area contributed by atoms with Gasteiger partial charge in [-0.15, -0.1) is 0 Å². The highest BCUT2D eigenvalue weighted by Gasteiger charge is 2.12. The molecule has 0 bridgehead atoms. The van der Waals surface area contributed by atoms with Crippen molar-refractivity contribution in [2.45, 2.75) is 26.7 Å². The molecule has 0 saturated heterocycles. The van der Waals surface area contributed by atoms with Crippen LogP contribution in [0.2, 0.25) is 0 Å². The standard InChI is InChI=1S/C12H17NO2/c1-7(2)9-5-10(8(3)13-4)12(15)6-11(9)14/h5-7,14-15H,1-4H3. The van der Waals surface area contributed by atoms with Crippen LogP contribution in [0.5, 0.6) is 11.5 Å². The van der Waals surface area contributed by atoms with Crippen molar-refractivity contribution in [2.75, 3.05) is 7.05 Å². The largest absolute Gasteiger partial charge is 0.508 e. The fraction of sp³-hybridized carbons (Fsp3) is 0.417. The van der Waals surface area contributed by atoms with Crippen LogP contribution < -0.4 is 0 Å². The molecule has 0 aliphatic carbocycles. The maximum absolute atomic E-state index is 9.66. The van der Waals surface area contributed by atoms with Crippen LogP contribution in [-0.4, -0.2) is 23.0 Å². The normalized spacial score (nSPS) is 12.2. The Labute approximate surface area is 90.1 Å². The number of phenols is 2. The van der Waals surface area contributed by atoms with Gasteiger partial charge < -0.3 is 10.2 Å². The zero-order valence-corrected chi connectivity index (χ0v) is 9.57. The second-order valence-electron chi connectivity index (χ2n) is 3.89. The average Bonchev–Trinajstić information content (AvgIpc) is 2.16. The van der Waals surface area contributed by atoms with Gasteiger partial charge in [0.15, 0.2) is 0 Å². The lowest BCUT2D eigenvalue weighted by Gasteiger charge is -2.12. The lowest BCUT2D eigenvalue weighted by atomic mass is 9.97. The molecule has 3 nitrogen and oxygen atoms in total. The first-order chi connectivity index (χ1) is 6.97. The number of phenolic OH excluding ortho intramolecular Hbond substituents is 2. The Kier molecular flexibility index (Phi) is 3.35. The lowest BCUT2D eigenvalue weighted by molar-refractivity contribution is 0.443. The summed E-state index contributed by atoms with van der Waals surface area (Å²) >= 11 is 0. The summed E-state index contributed by atoms with van der Waals surface area (Å²) in [6, 6.07) is 3.16. The summed E-state index contributed by atoms with van der Waals surface area (Å²) in [5, 5.41) is 19.3. The summed E-state index contributed by atoms with van der Waals surface area (Å²) in [6.45, 7) is 5.82. The van der Waals surface area contributed by atoms with E-state index in [1.165, 1.54) is 6.07 Å². The maximum Gasteiger partial charge on any atom is 0.128 e. The van der Waals surface area contributed by atoms with Crippen LogP contribution in [0.15, 0.2) is 17.1 Å². The zero-order valence-electron chi connectivity index (χ0n) is 9.57. The van der Waals surface area contributed by atoms with Crippen molar-refractivity contribution in [1.82, 2.24) is 0 Å². The molecule has 0 aromatic heterocycles. The van der Waals surface area contributed by atoms with E-state index in [2.05, 4.69) is 4.99 Å². The van der Waals surface area contributed by atoms with E-state index in [1.807, 2.05) is 20.8 Å². The van der Waals surface area contributed by atoms with E-state index in [-0.39, 0.29) is 17.4 Å². The van der Waals surface area contributed by atoms with E-state index in [0.717, 1.165) is 11.3 Å². The summed E-state index contributed by atoms with van der Waals surface area (Å²) in [6.07, 6.45) is 0. The molecule has 2 N–H and O–H groups in total. The van der Waals surface area contributed by atoms with Gasteiger partial charge in [0.1, 0.15) is 11.5 Å². The Morgan fingerprint density at radius 1 is 1.20 bits per heavy atom. The Balaban J connectivity index is 3.36. The summed E-state index contributed by atoms with van der Waals surface area (Å²) in [7, 11) is 1.68. The molecule has 0 aliphatic heterocycles. The Hall–Kier alpha value is -1.51. The second-order valence-corrected chi connectivity index (χ2v) is 3.89. The number of hydrogen-bond donors (Lipinski definition) is 2. The lowest BCUT2D eigenvalue weighted by Crippen LogP contribution is -1.98. The SMILES string of the molecule is CN=C(C)c1cc(C(C)C)c(O)cc1O. The molecule has 0 heterocycles. The van der Waals surface area contributed by atoms with Crippen molar-refractivity contribution in [3.05, 3.63) is 23.3 Å². The number of hydrogen-bond acceptors (Lipinski definition) is 3. The van der Waals surface area contributed by atoms with Gasteiger partial charge >= 0.3 is 0 Å². The van der Waals surface area contributed by atoms with Gasteiger partial charge in [-0.25, -0.2) is 0 Å². The maximum atomic E-state index is 9.66. The quantitative estimate of drug-likeness (QED) is 0.732. The van der Waals surface area contributed by atoms with E-state index in [1.54, 1.807) is 13.1 Å². The second kappa shape index (κ2) is 4.34. The van der Waals surface area contributed by atoms with Crippen molar-refractivity contribution >= 4 is 5.71 Å². The molecule has 0 radical (unpaired) electrons. The van der Waals surface area contributed by atoms with Crippen LogP contribution in [0, 0.1) is 0 Å². The van der Waals surface area contributed by atoms with E-state index < -0.39 is 0 Å². The zero-order chi connectivity index (χ0) is 11.6. The van der Waals surface area contributed by atoms with E-state index in [4.69, 9.17) is 0 Å². The third-order valence-corrected chi connectivity index (χ3v) is 2.49. The van der Waals surface area contributed by atoms with Gasteiger partial charge in [-0.3, -0.25) is 4.99 Å². The molecule has 1 rings (SSSR count). The number of nitrogens with zero attached hydrogens (tertiary/aromatic N) is 1. The molecule has 0 unspecified atom stereocenters. The van der Waals surface area contributed by atoms with Crippen molar-refractivity contribution in [3.8, 4) is 11.5 Å². The van der Waals surface area contributed by atoms with Gasteiger partial charge in [-0.2, -0.15) is 0 Å². The molecule has 0 aliphatic rings. The van der Waals surface area contributed by atoms with E-state index >= 15 is 0 Å². The molecular weight excluding hydrogens is 190 g/mol. The highest BCUT2D eigenvalue weighted by Crippen LogP contribution is 2.32. The van der Waals surface area contributed by atoms with Crippen LogP contribution in [-0.2, 0) is 0 Å². The number of rotatable bonds is 2. The predicted octanol–water partition coefficient (Wildman–Crippen LogP) is 2.66. The van der Waals surface area contributed by atoms with Crippen molar-refractivity contribution < 1.29 is 10.2 Å². The van der Waals surface area contributed by atoms with Crippen LogP contribution in [0.1, 0.15) is 37.8 Å². The van der Waals surface area contributed by atoms with Gasteiger partial charge in [-0.1, -0.05) is 13.8 Å². The Morgan fingerprint density at radius 2 is 1.80 bits per heavy atom. The average molecular weight is 207 g/mol. The third kappa shape index (κ3) is 2.29. The monoisotopic (exact) mass is 207 g/mol. The minimum atomic E-state index is 0.0694. The Morgan fingerprint density at radius 3 is 2.27 bits per heavy atom. The van der Waals surface area contributed by atoms with Gasteiger partial charge in [0.25, 0.3) is 0 Å². The minimum absolute atomic E-state index is 0.0694. The Bertz CT molecular complexity index is 395. The summed E-state index contributed by atoms with van der Waals surface area (Å²) in [5.74, 6) is 0.421. The first-order valence-electron chi connectivity index (χ1n) is 4.97. The van der Waals surface area contributed by atoms with Crippen molar-refractivity contribution in [3.63, 3.8) is 0 Å². The molecule has 1 aromatic rings. The van der Waals surface area contributed by atoms with Gasteiger partial charge in [0.05, 0.1) is 0 Å². The van der Waals surface area contributed by atoms with Gasteiger partial charge in [0, 0.05) is 24.4 Å². The van der Waals surface area contributed by atoms with Crippen LogP contribution in [0.3, 0.4) is 0 Å². The fourth-order valence-corrected chi connectivity index (χ4v) is 1.47. The topological polar surface area (TPSA) is 52.8 Å². The molecule has 0 fully saturated rings. The summed E-state index contributed by atoms with van der Waals surface area (Å²) in [5.41, 5.74) is 2.26. The third-order valence-electron chi connectivity index (χ3n) is 2.49. The smallest absolute Gasteiger partial charge is 0.128 e. The van der Waals surface area contributed by atoms with Crippen LogP contribution >= 0.6 is 0 Å². The van der Waals surface area contributed by atoms with Crippen molar-refractivity contribution in [1.29, 1.82) is 0 Å². The predicted molar refractivity (Wildman–Crippen MR) is 62.0 cm³/mol. The van der Waals surface area contributed by atoms with Gasteiger partial charge in [0.2, 0.25) is 0 Å². The molecule has 3 heteroatoms. The molecule has 0 saturated carbocycles. The molecule has 0 atom stereocenters. The molecule has 0 amide bonds. The number of benzene rings is 1. The molecular formula is C12H17NO2. The molecule has 1 aromatic carbocycles. The van der Waals surface area contributed by atoms with Crippen molar-refractivity contribution in [2.24, 2.45) is 4.99 Å². The fourth-order valence-electron chi connectivity index (χ4n) is 1.47. The van der Waals surface area contributed by atoms with Crippen LogP contribution in [0.25, 0.3) is 0 Å². The molecule has 0 spiro atoms. The highest BCUT2D eigenvalue weighted by molar-refractivity contribution is 6.01. The first-order valence-corrected chi connectivity index (χ1v) is 4.97. The molecule has 82 valence electrons. The van der Waals surface area contributed by atoms with Gasteiger partial charge in [-0.05, 0) is 24.5 Å².